The Balaban J connectivity index is 2.04. The molecule has 0 radical (unpaired) electrons. The molecule has 1 heterocycles. The van der Waals surface area contributed by atoms with Crippen LogP contribution in [-0.4, -0.2) is 25.4 Å². The number of aromatic nitrogens is 1. The second-order valence-electron chi connectivity index (χ2n) is 5.08. The smallest absolute Gasteiger partial charge is 0.211 e. The number of carbonyl (C=O) groups is 1. The fourth-order valence-corrected chi connectivity index (χ4v) is 2.97. The van der Waals surface area contributed by atoms with Crippen molar-refractivity contribution in [2.75, 3.05) is 12.0 Å². The molecule has 0 aliphatic rings. The van der Waals surface area contributed by atoms with Crippen LogP contribution in [0, 0.1) is 0 Å². The summed E-state index contributed by atoms with van der Waals surface area (Å²) in [6.07, 6.45) is 1.12. The quantitative estimate of drug-likeness (QED) is 0.726. The van der Waals surface area contributed by atoms with E-state index in [1.54, 1.807) is 0 Å². The number of para-hydroxylation sites is 1. The van der Waals surface area contributed by atoms with Crippen LogP contribution in [0.25, 0.3) is 10.9 Å². The molecule has 1 aromatic heterocycles. The molecule has 0 bridgehead atoms. The van der Waals surface area contributed by atoms with Crippen molar-refractivity contribution in [3.8, 4) is 0 Å². The van der Waals surface area contributed by atoms with Crippen molar-refractivity contribution in [2.45, 2.75) is 4.90 Å². The first-order valence-electron chi connectivity index (χ1n) is 6.59. The number of hydrogen-bond donors (Lipinski definition) is 2. The van der Waals surface area contributed by atoms with E-state index in [-0.39, 0.29) is 10.7 Å². The number of rotatable bonds is 3. The molecule has 0 aliphatic carbocycles. The van der Waals surface area contributed by atoms with Gasteiger partial charge < -0.3 is 10.7 Å². The van der Waals surface area contributed by atoms with Crippen molar-refractivity contribution in [1.29, 1.82) is 0 Å². The predicted octanol–water partition coefficient (Wildman–Crippen LogP) is 2.38. The molecule has 3 aromatic rings. The number of anilines is 1. The van der Waals surface area contributed by atoms with E-state index >= 15 is 0 Å². The molecule has 3 N–H and O–H groups in total. The molecule has 0 spiro atoms. The van der Waals surface area contributed by atoms with Crippen molar-refractivity contribution in [3.05, 3.63) is 59.8 Å². The summed E-state index contributed by atoms with van der Waals surface area (Å²) in [4.78, 5) is 15.7. The Labute approximate surface area is 127 Å². The van der Waals surface area contributed by atoms with Crippen molar-refractivity contribution >= 4 is 32.2 Å². The fraction of sp³-hybridized carbons (Fsp3) is 0.0625. The standard InChI is InChI=1S/C16H14N2O3S/c1-22(20,21)11-8-6-10(7-9-11)16(19)15-14(17)12-4-2-3-5-13(12)18-15/h2-9,18H,17H2,1H3. The lowest BCUT2D eigenvalue weighted by atomic mass is 10.1. The Morgan fingerprint density at radius 2 is 1.68 bits per heavy atom. The van der Waals surface area contributed by atoms with Crippen molar-refractivity contribution in [3.63, 3.8) is 0 Å². The third-order valence-electron chi connectivity index (χ3n) is 3.52. The van der Waals surface area contributed by atoms with Gasteiger partial charge in [0.2, 0.25) is 5.78 Å². The summed E-state index contributed by atoms with van der Waals surface area (Å²) < 4.78 is 22.9. The number of carbonyl (C=O) groups excluding carboxylic acids is 1. The van der Waals surface area contributed by atoms with E-state index in [0.29, 0.717) is 16.9 Å². The van der Waals surface area contributed by atoms with Crippen LogP contribution in [0.1, 0.15) is 16.1 Å². The van der Waals surface area contributed by atoms with Gasteiger partial charge in [0.15, 0.2) is 9.84 Å². The molecule has 0 saturated heterocycles. The van der Waals surface area contributed by atoms with E-state index in [1.807, 2.05) is 24.3 Å². The average Bonchev–Trinajstić information content (AvgIpc) is 2.83. The zero-order valence-corrected chi connectivity index (χ0v) is 12.6. The third-order valence-corrected chi connectivity index (χ3v) is 4.65. The minimum absolute atomic E-state index is 0.175. The summed E-state index contributed by atoms with van der Waals surface area (Å²) in [6, 6.07) is 13.2. The molecule has 2 aromatic carbocycles. The van der Waals surface area contributed by atoms with Gasteiger partial charge >= 0.3 is 0 Å². The van der Waals surface area contributed by atoms with Crippen LogP contribution < -0.4 is 5.73 Å². The zero-order chi connectivity index (χ0) is 15.9. The van der Waals surface area contributed by atoms with E-state index in [0.717, 1.165) is 17.2 Å². The van der Waals surface area contributed by atoms with Crippen LogP contribution in [0.2, 0.25) is 0 Å². The van der Waals surface area contributed by atoms with Crippen LogP contribution in [0.4, 0.5) is 5.69 Å². The second-order valence-corrected chi connectivity index (χ2v) is 7.10. The van der Waals surface area contributed by atoms with Gasteiger partial charge in [0.1, 0.15) is 5.69 Å². The zero-order valence-electron chi connectivity index (χ0n) is 11.8. The topological polar surface area (TPSA) is 93.0 Å². The number of aromatic amines is 1. The van der Waals surface area contributed by atoms with Crippen LogP contribution in [0.3, 0.4) is 0 Å². The molecule has 0 unspecified atom stereocenters. The largest absolute Gasteiger partial charge is 0.396 e. The fourth-order valence-electron chi connectivity index (χ4n) is 2.34. The summed E-state index contributed by atoms with van der Waals surface area (Å²) in [6.45, 7) is 0. The molecule has 6 heteroatoms. The second kappa shape index (κ2) is 4.99. The predicted molar refractivity (Wildman–Crippen MR) is 85.7 cm³/mol. The van der Waals surface area contributed by atoms with Gasteiger partial charge in [0.05, 0.1) is 10.6 Å². The molecule has 3 rings (SSSR count). The average molecular weight is 314 g/mol. The highest BCUT2D eigenvalue weighted by Crippen LogP contribution is 2.26. The number of benzene rings is 2. The van der Waals surface area contributed by atoms with E-state index in [4.69, 9.17) is 5.73 Å². The van der Waals surface area contributed by atoms with Gasteiger partial charge in [0.25, 0.3) is 0 Å². The lowest BCUT2D eigenvalue weighted by molar-refractivity contribution is 0.103. The molecule has 22 heavy (non-hydrogen) atoms. The van der Waals surface area contributed by atoms with Crippen molar-refractivity contribution in [2.24, 2.45) is 0 Å². The van der Waals surface area contributed by atoms with E-state index in [2.05, 4.69) is 4.98 Å². The Morgan fingerprint density at radius 1 is 1.05 bits per heavy atom. The maximum atomic E-state index is 12.5. The molecule has 0 saturated carbocycles. The number of nitrogens with two attached hydrogens (primary N) is 1. The highest BCUT2D eigenvalue weighted by Gasteiger charge is 2.17. The van der Waals surface area contributed by atoms with Gasteiger partial charge in [-0.2, -0.15) is 0 Å². The maximum Gasteiger partial charge on any atom is 0.211 e. The number of hydrogen-bond acceptors (Lipinski definition) is 4. The van der Waals surface area contributed by atoms with Gasteiger partial charge in [-0.15, -0.1) is 0 Å². The number of nitrogen functional groups attached to an aromatic ring is 1. The monoisotopic (exact) mass is 314 g/mol. The van der Waals surface area contributed by atoms with Gasteiger partial charge in [-0.25, -0.2) is 8.42 Å². The minimum Gasteiger partial charge on any atom is -0.396 e. The molecule has 0 aliphatic heterocycles. The number of H-pyrrole nitrogens is 1. The Bertz CT molecular complexity index is 970. The van der Waals surface area contributed by atoms with Gasteiger partial charge in [-0.3, -0.25) is 4.79 Å². The molecule has 0 atom stereocenters. The first kappa shape index (κ1) is 14.3. The van der Waals surface area contributed by atoms with Crippen LogP contribution >= 0.6 is 0 Å². The Hall–Kier alpha value is -2.60. The molecule has 112 valence electrons. The summed E-state index contributed by atoms with van der Waals surface area (Å²) in [5.74, 6) is -0.270. The first-order chi connectivity index (χ1) is 10.4. The summed E-state index contributed by atoms with van der Waals surface area (Å²) >= 11 is 0. The van der Waals surface area contributed by atoms with Crippen molar-refractivity contribution < 1.29 is 13.2 Å². The molecule has 5 nitrogen and oxygen atoms in total. The van der Waals surface area contributed by atoms with E-state index in [1.165, 1.54) is 24.3 Å². The Kier molecular flexibility index (Phi) is 3.26. The number of sulfone groups is 1. The Morgan fingerprint density at radius 3 is 2.27 bits per heavy atom. The molecular formula is C16H14N2O3S. The van der Waals surface area contributed by atoms with Crippen LogP contribution in [0.5, 0.6) is 0 Å². The summed E-state index contributed by atoms with van der Waals surface area (Å²) in [5.41, 5.74) is 7.91. The first-order valence-corrected chi connectivity index (χ1v) is 8.48. The maximum absolute atomic E-state index is 12.5. The minimum atomic E-state index is -3.28. The van der Waals surface area contributed by atoms with E-state index in [9.17, 15) is 13.2 Å². The third kappa shape index (κ3) is 2.37. The number of ketones is 1. The van der Waals surface area contributed by atoms with E-state index < -0.39 is 9.84 Å². The highest BCUT2D eigenvalue weighted by atomic mass is 32.2. The number of fused-ring (bicyclic) bond motifs is 1. The molecule has 0 amide bonds. The lowest BCUT2D eigenvalue weighted by Gasteiger charge is -2.02. The van der Waals surface area contributed by atoms with Crippen LogP contribution in [-0.2, 0) is 9.84 Å². The highest BCUT2D eigenvalue weighted by molar-refractivity contribution is 7.90. The summed E-state index contributed by atoms with van der Waals surface area (Å²) in [5, 5.41) is 0.790. The van der Waals surface area contributed by atoms with Crippen LogP contribution in [0.15, 0.2) is 53.4 Å². The van der Waals surface area contributed by atoms with Gasteiger partial charge in [-0.05, 0) is 30.3 Å². The molecule has 0 fully saturated rings. The summed E-state index contributed by atoms with van der Waals surface area (Å²) in [7, 11) is -3.28. The number of nitrogens with one attached hydrogen (secondary N) is 1. The van der Waals surface area contributed by atoms with Crippen molar-refractivity contribution in [1.82, 2.24) is 4.98 Å². The normalized spacial score (nSPS) is 11.7. The molecular weight excluding hydrogens is 300 g/mol. The SMILES string of the molecule is CS(=O)(=O)c1ccc(C(=O)c2[nH]c3ccccc3c2N)cc1. The van der Waals surface area contributed by atoms with Gasteiger partial charge in [0, 0.05) is 22.7 Å². The van der Waals surface area contributed by atoms with Gasteiger partial charge in [-0.1, -0.05) is 18.2 Å². The lowest BCUT2D eigenvalue weighted by Crippen LogP contribution is -2.05.